The van der Waals surface area contributed by atoms with Gasteiger partial charge in [0.2, 0.25) is 15.9 Å². The molecule has 1 amide bonds. The minimum absolute atomic E-state index is 0.0141. The molecule has 0 saturated heterocycles. The predicted octanol–water partition coefficient (Wildman–Crippen LogP) is 2.12. The highest BCUT2D eigenvalue weighted by Crippen LogP contribution is 2.31. The maximum absolute atomic E-state index is 12.2. The van der Waals surface area contributed by atoms with Crippen LogP contribution in [0.25, 0.3) is 0 Å². The number of nitrogens with one attached hydrogen (secondary N) is 3. The van der Waals surface area contributed by atoms with Gasteiger partial charge in [0, 0.05) is 45.2 Å². The highest BCUT2D eigenvalue weighted by molar-refractivity contribution is 7.89. The van der Waals surface area contributed by atoms with E-state index in [2.05, 4.69) is 20.9 Å². The van der Waals surface area contributed by atoms with Gasteiger partial charge in [0.05, 0.1) is 11.4 Å². The van der Waals surface area contributed by atoms with E-state index < -0.39 is 10.0 Å². The number of hydrogen-bond donors (Lipinski definition) is 3. The standard InChI is InChI=1S/C22H29N5O3S/c1-4-23-22(24-14-16-9-11-18(12-10-16)31(29,30)27(2)3)25-15-17-13-21(28)26-20-8-6-5-7-19(17)20/h5-12,17H,4,13-15H2,1-3H3,(H,26,28)(H2,23,24,25). The summed E-state index contributed by atoms with van der Waals surface area (Å²) in [6, 6.07) is 14.6. The quantitative estimate of drug-likeness (QED) is 0.449. The highest BCUT2D eigenvalue weighted by Gasteiger charge is 2.24. The van der Waals surface area contributed by atoms with Gasteiger partial charge in [-0.2, -0.15) is 0 Å². The van der Waals surface area contributed by atoms with Gasteiger partial charge in [-0.05, 0) is 36.2 Å². The molecule has 0 spiro atoms. The summed E-state index contributed by atoms with van der Waals surface area (Å²) >= 11 is 0. The summed E-state index contributed by atoms with van der Waals surface area (Å²) in [4.78, 5) is 16.9. The average Bonchev–Trinajstić information content (AvgIpc) is 2.75. The lowest BCUT2D eigenvalue weighted by atomic mass is 9.90. The second-order valence-electron chi connectivity index (χ2n) is 7.54. The summed E-state index contributed by atoms with van der Waals surface area (Å²) in [5.41, 5.74) is 2.88. The first-order valence-corrected chi connectivity index (χ1v) is 11.7. The normalized spacial score (nSPS) is 16.6. The molecular weight excluding hydrogens is 414 g/mol. The Morgan fingerprint density at radius 3 is 2.52 bits per heavy atom. The smallest absolute Gasteiger partial charge is 0.242 e. The largest absolute Gasteiger partial charge is 0.357 e. The summed E-state index contributed by atoms with van der Waals surface area (Å²) in [5.74, 6) is 0.723. The monoisotopic (exact) mass is 443 g/mol. The van der Waals surface area contributed by atoms with Crippen molar-refractivity contribution in [2.24, 2.45) is 4.99 Å². The lowest BCUT2D eigenvalue weighted by molar-refractivity contribution is -0.116. The molecule has 1 atom stereocenters. The topological polar surface area (TPSA) is 103 Å². The van der Waals surface area contributed by atoms with Crippen molar-refractivity contribution in [1.82, 2.24) is 14.9 Å². The van der Waals surface area contributed by atoms with Gasteiger partial charge in [0.1, 0.15) is 0 Å². The number of fused-ring (bicyclic) bond motifs is 1. The zero-order valence-corrected chi connectivity index (χ0v) is 18.9. The third-order valence-electron chi connectivity index (χ3n) is 5.09. The maximum atomic E-state index is 12.2. The van der Waals surface area contributed by atoms with Crippen molar-refractivity contribution in [1.29, 1.82) is 0 Å². The first-order valence-electron chi connectivity index (χ1n) is 10.2. The number of anilines is 1. The Bertz CT molecular complexity index is 1050. The van der Waals surface area contributed by atoms with Crippen LogP contribution in [0.5, 0.6) is 0 Å². The molecule has 1 heterocycles. The molecule has 166 valence electrons. The minimum atomic E-state index is -3.44. The van der Waals surface area contributed by atoms with Crippen molar-refractivity contribution in [3.05, 3.63) is 59.7 Å². The molecule has 2 aromatic rings. The van der Waals surface area contributed by atoms with E-state index >= 15 is 0 Å². The first-order chi connectivity index (χ1) is 14.8. The number of guanidine groups is 1. The van der Waals surface area contributed by atoms with Crippen molar-refractivity contribution >= 4 is 27.6 Å². The van der Waals surface area contributed by atoms with E-state index in [1.54, 1.807) is 24.3 Å². The fourth-order valence-corrected chi connectivity index (χ4v) is 4.30. The van der Waals surface area contributed by atoms with Gasteiger partial charge in [-0.15, -0.1) is 0 Å². The van der Waals surface area contributed by atoms with Crippen LogP contribution in [0.4, 0.5) is 5.69 Å². The van der Waals surface area contributed by atoms with Crippen LogP contribution in [-0.4, -0.2) is 51.8 Å². The molecule has 3 N–H and O–H groups in total. The van der Waals surface area contributed by atoms with Crippen LogP contribution >= 0.6 is 0 Å². The van der Waals surface area contributed by atoms with Gasteiger partial charge in [-0.3, -0.25) is 4.79 Å². The van der Waals surface area contributed by atoms with Gasteiger partial charge in [-0.1, -0.05) is 30.3 Å². The Kier molecular flexibility index (Phi) is 7.29. The van der Waals surface area contributed by atoms with Gasteiger partial charge in [-0.25, -0.2) is 17.7 Å². The zero-order chi connectivity index (χ0) is 22.4. The van der Waals surface area contributed by atoms with Crippen LogP contribution in [0.15, 0.2) is 58.4 Å². The van der Waals surface area contributed by atoms with Crippen LogP contribution in [0, 0.1) is 0 Å². The first kappa shape index (κ1) is 22.8. The van der Waals surface area contributed by atoms with E-state index in [0.717, 1.165) is 16.8 Å². The number of para-hydroxylation sites is 1. The summed E-state index contributed by atoms with van der Waals surface area (Å²) < 4.78 is 25.6. The Hall–Kier alpha value is -2.91. The molecule has 1 unspecified atom stereocenters. The molecule has 0 saturated carbocycles. The van der Waals surface area contributed by atoms with Crippen molar-refractivity contribution in [2.75, 3.05) is 32.5 Å². The van der Waals surface area contributed by atoms with E-state index in [1.807, 2.05) is 31.2 Å². The molecule has 1 aliphatic heterocycles. The molecular formula is C22H29N5O3S. The number of nitrogens with zero attached hydrogens (tertiary/aromatic N) is 2. The Morgan fingerprint density at radius 1 is 1.13 bits per heavy atom. The predicted molar refractivity (Wildman–Crippen MR) is 123 cm³/mol. The Labute approximate surface area is 183 Å². The number of benzene rings is 2. The van der Waals surface area contributed by atoms with Gasteiger partial charge in [0.15, 0.2) is 5.96 Å². The van der Waals surface area contributed by atoms with Crippen LogP contribution in [-0.2, 0) is 21.4 Å². The third-order valence-corrected chi connectivity index (χ3v) is 6.92. The SMILES string of the molecule is CCNC(=NCc1ccc(S(=O)(=O)N(C)C)cc1)NCC1CC(=O)Nc2ccccc21. The van der Waals surface area contributed by atoms with Crippen molar-refractivity contribution in [3.63, 3.8) is 0 Å². The molecule has 0 bridgehead atoms. The van der Waals surface area contributed by atoms with Gasteiger partial charge in [0.25, 0.3) is 0 Å². The number of rotatable bonds is 7. The number of carbonyl (C=O) groups is 1. The number of sulfonamides is 1. The molecule has 0 aromatic heterocycles. The molecule has 0 fully saturated rings. The van der Waals surface area contributed by atoms with E-state index in [-0.39, 0.29) is 16.7 Å². The van der Waals surface area contributed by atoms with E-state index in [1.165, 1.54) is 18.4 Å². The Balaban J connectivity index is 1.67. The number of carbonyl (C=O) groups excluding carboxylic acids is 1. The lowest BCUT2D eigenvalue weighted by Crippen LogP contribution is -2.40. The summed E-state index contributed by atoms with van der Waals surface area (Å²) in [7, 11) is -0.423. The van der Waals surface area contributed by atoms with Crippen LogP contribution < -0.4 is 16.0 Å². The van der Waals surface area contributed by atoms with Crippen molar-refractivity contribution in [2.45, 2.75) is 30.7 Å². The second kappa shape index (κ2) is 9.93. The molecule has 1 aliphatic rings. The number of hydrogen-bond acceptors (Lipinski definition) is 4. The fraction of sp³-hybridized carbons (Fsp3) is 0.364. The van der Waals surface area contributed by atoms with Crippen LogP contribution in [0.2, 0.25) is 0 Å². The average molecular weight is 444 g/mol. The van der Waals surface area contributed by atoms with Gasteiger partial charge < -0.3 is 16.0 Å². The molecule has 2 aromatic carbocycles. The Morgan fingerprint density at radius 2 is 1.84 bits per heavy atom. The van der Waals surface area contributed by atoms with E-state index in [0.29, 0.717) is 32.0 Å². The summed E-state index contributed by atoms with van der Waals surface area (Å²) in [5, 5.41) is 9.46. The number of amides is 1. The molecule has 8 nitrogen and oxygen atoms in total. The summed E-state index contributed by atoms with van der Waals surface area (Å²) in [6.45, 7) is 3.67. The lowest BCUT2D eigenvalue weighted by Gasteiger charge is -2.26. The molecule has 3 rings (SSSR count). The third kappa shape index (κ3) is 5.62. The second-order valence-corrected chi connectivity index (χ2v) is 9.70. The van der Waals surface area contributed by atoms with E-state index in [4.69, 9.17) is 0 Å². The molecule has 0 radical (unpaired) electrons. The zero-order valence-electron chi connectivity index (χ0n) is 18.1. The maximum Gasteiger partial charge on any atom is 0.242 e. The van der Waals surface area contributed by atoms with Crippen LogP contribution in [0.1, 0.15) is 30.4 Å². The summed E-state index contributed by atoms with van der Waals surface area (Å²) in [6.07, 6.45) is 0.422. The fourth-order valence-electron chi connectivity index (χ4n) is 3.39. The van der Waals surface area contributed by atoms with Gasteiger partial charge >= 0.3 is 0 Å². The van der Waals surface area contributed by atoms with E-state index in [9.17, 15) is 13.2 Å². The molecule has 9 heteroatoms. The van der Waals surface area contributed by atoms with Crippen LogP contribution in [0.3, 0.4) is 0 Å². The molecule has 31 heavy (non-hydrogen) atoms. The van der Waals surface area contributed by atoms with Crippen molar-refractivity contribution < 1.29 is 13.2 Å². The minimum Gasteiger partial charge on any atom is -0.357 e. The number of aliphatic imine (C=N–C) groups is 1. The van der Waals surface area contributed by atoms with Crippen molar-refractivity contribution in [3.8, 4) is 0 Å². The molecule has 0 aliphatic carbocycles. The highest BCUT2D eigenvalue weighted by atomic mass is 32.2.